The van der Waals surface area contributed by atoms with E-state index in [-0.39, 0.29) is 0 Å². The molecule has 0 spiro atoms. The number of halogens is 1. The van der Waals surface area contributed by atoms with Gasteiger partial charge in [0.15, 0.2) is 6.04 Å². The van der Waals surface area contributed by atoms with Gasteiger partial charge in [0.05, 0.1) is 7.11 Å². The van der Waals surface area contributed by atoms with Crippen LogP contribution < -0.4 is 4.90 Å². The average molecular weight is 355 g/mol. The third kappa shape index (κ3) is 4.54. The first-order valence-electron chi connectivity index (χ1n) is 7.79. The van der Waals surface area contributed by atoms with Gasteiger partial charge in [0.2, 0.25) is 0 Å². The summed E-state index contributed by atoms with van der Waals surface area (Å²) in [5.41, 5.74) is 0.280. The Hall–Kier alpha value is -1.95. The highest BCUT2D eigenvalue weighted by Crippen LogP contribution is 2.24. The fraction of sp³-hybridized carbons (Fsp3) is 0.529. The van der Waals surface area contributed by atoms with E-state index in [4.69, 9.17) is 21.1 Å². The number of carbonyl (C=O) groups excluding carboxylic acids is 2. The summed E-state index contributed by atoms with van der Waals surface area (Å²) >= 11 is 6.04. The van der Waals surface area contributed by atoms with Gasteiger partial charge < -0.3 is 14.4 Å². The SMILES string of the molecule is COC(=O)[C@H]1CN(c2cccc(Cl)c2)CCN1C(=O)OC(C)(C)C. The monoisotopic (exact) mass is 354 g/mol. The molecule has 6 nitrogen and oxygen atoms in total. The summed E-state index contributed by atoms with van der Waals surface area (Å²) in [6.07, 6.45) is -0.511. The molecule has 1 aromatic rings. The van der Waals surface area contributed by atoms with Crippen LogP contribution in [0.4, 0.5) is 10.5 Å². The number of ether oxygens (including phenoxy) is 2. The van der Waals surface area contributed by atoms with Crippen molar-refractivity contribution in [3.63, 3.8) is 0 Å². The molecule has 0 aromatic heterocycles. The molecule has 1 amide bonds. The van der Waals surface area contributed by atoms with Gasteiger partial charge in [-0.2, -0.15) is 0 Å². The molecule has 132 valence electrons. The molecule has 1 atom stereocenters. The predicted octanol–water partition coefficient (Wildman–Crippen LogP) is 2.94. The molecule has 0 bridgehead atoms. The topological polar surface area (TPSA) is 59.1 Å². The summed E-state index contributed by atoms with van der Waals surface area (Å²) in [6.45, 7) is 6.64. The van der Waals surface area contributed by atoms with Crippen molar-refractivity contribution in [1.82, 2.24) is 4.90 Å². The highest BCUT2D eigenvalue weighted by atomic mass is 35.5. The number of carbonyl (C=O) groups is 2. The quantitative estimate of drug-likeness (QED) is 0.764. The first kappa shape index (κ1) is 18.4. The number of esters is 1. The van der Waals surface area contributed by atoms with Crippen LogP contribution in [0.25, 0.3) is 0 Å². The van der Waals surface area contributed by atoms with Crippen LogP contribution in [0.1, 0.15) is 20.8 Å². The van der Waals surface area contributed by atoms with Gasteiger partial charge in [-0.05, 0) is 39.0 Å². The van der Waals surface area contributed by atoms with Gasteiger partial charge in [0.25, 0.3) is 0 Å². The summed E-state index contributed by atoms with van der Waals surface area (Å²) in [6, 6.07) is 6.67. The van der Waals surface area contributed by atoms with Gasteiger partial charge in [-0.1, -0.05) is 17.7 Å². The third-order valence-electron chi connectivity index (χ3n) is 3.65. The second-order valence-electron chi connectivity index (χ2n) is 6.64. The van der Waals surface area contributed by atoms with E-state index in [0.29, 0.717) is 24.7 Å². The Balaban J connectivity index is 2.18. The van der Waals surface area contributed by atoms with Crippen LogP contribution >= 0.6 is 11.6 Å². The van der Waals surface area contributed by atoms with Crippen molar-refractivity contribution in [2.24, 2.45) is 0 Å². The van der Waals surface area contributed by atoms with Crippen LogP contribution in [0.2, 0.25) is 5.02 Å². The van der Waals surface area contributed by atoms with Gasteiger partial charge in [-0.25, -0.2) is 9.59 Å². The Morgan fingerprint density at radius 2 is 1.96 bits per heavy atom. The zero-order chi connectivity index (χ0) is 17.9. The van der Waals surface area contributed by atoms with Gasteiger partial charge in [-0.15, -0.1) is 0 Å². The summed E-state index contributed by atoms with van der Waals surface area (Å²) in [5, 5.41) is 0.622. The number of nitrogens with zero attached hydrogens (tertiary/aromatic N) is 2. The molecule has 2 rings (SSSR count). The lowest BCUT2D eigenvalue weighted by Gasteiger charge is -2.41. The minimum atomic E-state index is -0.724. The Bertz CT molecular complexity index is 615. The van der Waals surface area contributed by atoms with Crippen molar-refractivity contribution in [3.05, 3.63) is 29.3 Å². The number of methoxy groups -OCH3 is 1. The molecule has 1 aliphatic heterocycles. The summed E-state index contributed by atoms with van der Waals surface area (Å²) < 4.78 is 10.3. The normalized spacial score (nSPS) is 18.3. The standard InChI is InChI=1S/C17H23ClN2O4/c1-17(2,3)24-16(22)20-9-8-19(11-14(20)15(21)23-4)13-7-5-6-12(18)10-13/h5-7,10,14H,8-9,11H2,1-4H3/t14-/m1/s1. The highest BCUT2D eigenvalue weighted by molar-refractivity contribution is 6.30. The lowest BCUT2D eigenvalue weighted by molar-refractivity contribution is -0.147. The van der Waals surface area contributed by atoms with E-state index in [2.05, 4.69) is 0 Å². The van der Waals surface area contributed by atoms with E-state index < -0.39 is 23.7 Å². The second-order valence-corrected chi connectivity index (χ2v) is 7.08. The average Bonchev–Trinajstić information content (AvgIpc) is 2.52. The van der Waals surface area contributed by atoms with E-state index in [9.17, 15) is 9.59 Å². The molecule has 7 heteroatoms. The molecule has 0 saturated carbocycles. The third-order valence-corrected chi connectivity index (χ3v) is 3.89. The fourth-order valence-corrected chi connectivity index (χ4v) is 2.75. The van der Waals surface area contributed by atoms with Crippen molar-refractivity contribution in [1.29, 1.82) is 0 Å². The number of amides is 1. The van der Waals surface area contributed by atoms with E-state index in [1.54, 1.807) is 26.8 Å². The molecule has 1 saturated heterocycles. The molecule has 0 aliphatic carbocycles. The van der Waals surface area contributed by atoms with Gasteiger partial charge in [0, 0.05) is 30.3 Å². The number of anilines is 1. The predicted molar refractivity (Wildman–Crippen MR) is 92.4 cm³/mol. The molecule has 0 radical (unpaired) electrons. The highest BCUT2D eigenvalue weighted by Gasteiger charge is 2.38. The second kappa shape index (κ2) is 7.30. The van der Waals surface area contributed by atoms with E-state index in [1.165, 1.54) is 12.0 Å². The maximum absolute atomic E-state index is 12.4. The Kier molecular flexibility index (Phi) is 5.59. The molecule has 1 aromatic carbocycles. The van der Waals surface area contributed by atoms with E-state index >= 15 is 0 Å². The fourth-order valence-electron chi connectivity index (χ4n) is 2.57. The number of benzene rings is 1. The van der Waals surface area contributed by atoms with Gasteiger partial charge in [0.1, 0.15) is 5.60 Å². The van der Waals surface area contributed by atoms with Crippen LogP contribution in [-0.2, 0) is 14.3 Å². The molecule has 1 fully saturated rings. The summed E-state index contributed by atoms with van der Waals surface area (Å²) in [7, 11) is 1.31. The largest absolute Gasteiger partial charge is 0.467 e. The van der Waals surface area contributed by atoms with Gasteiger partial charge >= 0.3 is 12.1 Å². The maximum Gasteiger partial charge on any atom is 0.411 e. The van der Waals surface area contributed by atoms with E-state index in [1.807, 2.05) is 23.1 Å². The lowest BCUT2D eigenvalue weighted by atomic mass is 10.1. The minimum absolute atomic E-state index is 0.326. The first-order valence-corrected chi connectivity index (χ1v) is 8.17. The van der Waals surface area contributed by atoms with Crippen molar-refractivity contribution in [2.75, 3.05) is 31.6 Å². The van der Waals surface area contributed by atoms with E-state index in [0.717, 1.165) is 5.69 Å². The van der Waals surface area contributed by atoms with Crippen LogP contribution in [0.5, 0.6) is 0 Å². The van der Waals surface area contributed by atoms with Crippen molar-refractivity contribution < 1.29 is 19.1 Å². The molecular weight excluding hydrogens is 332 g/mol. The number of hydrogen-bond donors (Lipinski definition) is 0. The van der Waals surface area contributed by atoms with Crippen molar-refractivity contribution in [3.8, 4) is 0 Å². The number of piperazine rings is 1. The number of hydrogen-bond acceptors (Lipinski definition) is 5. The zero-order valence-corrected chi connectivity index (χ0v) is 15.2. The molecule has 1 aliphatic rings. The lowest BCUT2D eigenvalue weighted by Crippen LogP contribution is -2.59. The minimum Gasteiger partial charge on any atom is -0.467 e. The molecule has 1 heterocycles. The summed E-state index contributed by atoms with van der Waals surface area (Å²) in [4.78, 5) is 28.0. The van der Waals surface area contributed by atoms with Crippen LogP contribution in [0, 0.1) is 0 Å². The van der Waals surface area contributed by atoms with Crippen molar-refractivity contribution in [2.45, 2.75) is 32.4 Å². The number of rotatable bonds is 2. The molecule has 0 N–H and O–H groups in total. The maximum atomic E-state index is 12.4. The van der Waals surface area contributed by atoms with Crippen LogP contribution in [-0.4, -0.2) is 55.3 Å². The summed E-state index contributed by atoms with van der Waals surface area (Å²) in [5.74, 6) is -0.465. The Labute approximate surface area is 147 Å². The zero-order valence-electron chi connectivity index (χ0n) is 14.4. The molecule has 24 heavy (non-hydrogen) atoms. The van der Waals surface area contributed by atoms with Crippen LogP contribution in [0.15, 0.2) is 24.3 Å². The smallest absolute Gasteiger partial charge is 0.411 e. The van der Waals surface area contributed by atoms with Crippen molar-refractivity contribution >= 4 is 29.4 Å². The molecular formula is C17H23ClN2O4. The van der Waals surface area contributed by atoms with Crippen LogP contribution in [0.3, 0.4) is 0 Å². The first-order chi connectivity index (χ1) is 11.2. The van der Waals surface area contributed by atoms with Gasteiger partial charge in [-0.3, -0.25) is 4.90 Å². The Morgan fingerprint density at radius 3 is 2.54 bits per heavy atom. The molecule has 0 unspecified atom stereocenters. The Morgan fingerprint density at radius 1 is 1.25 bits per heavy atom.